The van der Waals surface area contributed by atoms with Crippen molar-refractivity contribution in [1.29, 1.82) is 0 Å². The minimum Gasteiger partial charge on any atom is -1.00 e. The van der Waals surface area contributed by atoms with Crippen molar-refractivity contribution in [2.75, 3.05) is 0 Å². The maximum Gasteiger partial charge on any atom is 1.00 e. The van der Waals surface area contributed by atoms with Crippen molar-refractivity contribution >= 4 is 10.9 Å². The second-order valence-corrected chi connectivity index (χ2v) is 3.93. The molecule has 18 heavy (non-hydrogen) atoms. The number of phenols is 1. The molecule has 0 radical (unpaired) electrons. The van der Waals surface area contributed by atoms with Gasteiger partial charge in [0, 0.05) is 17.1 Å². The van der Waals surface area contributed by atoms with Gasteiger partial charge in [-0.3, -0.25) is 4.98 Å². The summed E-state index contributed by atoms with van der Waals surface area (Å²) in [4.78, 5) is 4.42. The monoisotopic (exact) mass is 229 g/mol. The Morgan fingerprint density at radius 1 is 0.889 bits per heavy atom. The number of rotatable bonds is 1. The fourth-order valence-corrected chi connectivity index (χ4v) is 1.98. The van der Waals surface area contributed by atoms with Crippen molar-refractivity contribution < 1.29 is 25.4 Å². The van der Waals surface area contributed by atoms with E-state index >= 15 is 0 Å². The van der Waals surface area contributed by atoms with E-state index < -0.39 is 0 Å². The quantitative estimate of drug-likeness (QED) is 0.624. The van der Waals surface area contributed by atoms with Gasteiger partial charge in [-0.2, -0.15) is 0 Å². The number of hydrogen-bond donors (Lipinski definition) is 1. The predicted octanol–water partition coefficient (Wildman–Crippen LogP) is 0.724. The summed E-state index contributed by atoms with van der Waals surface area (Å²) >= 11 is 0. The van der Waals surface area contributed by atoms with Crippen LogP contribution in [-0.4, -0.2) is 10.1 Å². The Morgan fingerprint density at radius 2 is 1.61 bits per heavy atom. The normalized spacial score (nSPS) is 10.0. The Labute approximate surface area is 119 Å². The van der Waals surface area contributed by atoms with Crippen LogP contribution in [0.1, 0.15) is 1.43 Å². The Bertz CT molecular complexity index is 665. The smallest absolute Gasteiger partial charge is 1.00 e. The van der Waals surface area contributed by atoms with Crippen molar-refractivity contribution in [3.8, 4) is 16.9 Å². The fourth-order valence-electron chi connectivity index (χ4n) is 1.98. The van der Waals surface area contributed by atoms with Gasteiger partial charge in [0.2, 0.25) is 0 Å². The molecule has 0 aliphatic rings. The third-order valence-electron chi connectivity index (χ3n) is 2.81. The zero-order valence-electron chi connectivity index (χ0n) is 11.2. The van der Waals surface area contributed by atoms with Crippen molar-refractivity contribution in [2.45, 2.75) is 0 Å². The summed E-state index contributed by atoms with van der Waals surface area (Å²) in [5.74, 6) is 0.280. The fraction of sp³-hybridized carbons (Fsp3) is 0. The maximum atomic E-state index is 9.30. The zero-order chi connectivity index (χ0) is 11.7. The molecule has 84 valence electrons. The minimum atomic E-state index is 0. The van der Waals surface area contributed by atoms with E-state index in [4.69, 9.17) is 0 Å². The van der Waals surface area contributed by atoms with E-state index in [9.17, 15) is 5.11 Å². The Morgan fingerprint density at radius 3 is 2.39 bits per heavy atom. The molecular weight excluding hydrogens is 217 g/mol. The number of hydrogen-bond acceptors (Lipinski definition) is 2. The van der Waals surface area contributed by atoms with E-state index in [0.29, 0.717) is 0 Å². The number of aromatic nitrogens is 1. The molecular formula is C15H12LiNO. The summed E-state index contributed by atoms with van der Waals surface area (Å²) in [6.07, 6.45) is 1.80. The average molecular weight is 229 g/mol. The van der Waals surface area contributed by atoms with E-state index in [1.807, 2.05) is 42.5 Å². The maximum absolute atomic E-state index is 9.30. The Hall–Kier alpha value is -1.75. The molecule has 0 saturated carbocycles. The first-order chi connectivity index (χ1) is 8.34. The minimum absolute atomic E-state index is 0. The second-order valence-electron chi connectivity index (χ2n) is 3.93. The van der Waals surface area contributed by atoms with Gasteiger partial charge >= 0.3 is 18.9 Å². The van der Waals surface area contributed by atoms with Gasteiger partial charge < -0.3 is 6.53 Å². The molecule has 0 saturated heterocycles. The van der Waals surface area contributed by atoms with Gasteiger partial charge in [0.25, 0.3) is 0 Å². The number of phenolic OH excluding ortho intramolecular Hbond substituents is 1. The van der Waals surface area contributed by atoms with Gasteiger partial charge in [-0.15, -0.1) is 0 Å². The first kappa shape index (κ1) is 12.7. The van der Waals surface area contributed by atoms with Crippen LogP contribution >= 0.6 is 0 Å². The first-order valence-electron chi connectivity index (χ1n) is 5.48. The van der Waals surface area contributed by atoms with Gasteiger partial charge in [0.1, 0.15) is 5.75 Å². The molecule has 0 fully saturated rings. The summed E-state index contributed by atoms with van der Waals surface area (Å²) in [5.41, 5.74) is 3.14. The van der Waals surface area contributed by atoms with Crippen molar-refractivity contribution in [3.63, 3.8) is 0 Å². The molecule has 0 spiro atoms. The number of para-hydroxylation sites is 1. The summed E-state index contributed by atoms with van der Waals surface area (Å²) in [7, 11) is 0. The predicted molar refractivity (Wildman–Crippen MR) is 70.0 cm³/mol. The molecule has 0 atom stereocenters. The van der Waals surface area contributed by atoms with Gasteiger partial charge in [-0.05, 0) is 23.8 Å². The molecule has 0 aliphatic carbocycles. The van der Waals surface area contributed by atoms with E-state index in [1.54, 1.807) is 18.3 Å². The summed E-state index contributed by atoms with van der Waals surface area (Å²) in [6.45, 7) is 0. The van der Waals surface area contributed by atoms with Crippen LogP contribution in [0.5, 0.6) is 5.75 Å². The number of aromatic hydroxyl groups is 1. The third-order valence-corrected chi connectivity index (χ3v) is 2.81. The molecule has 3 heteroatoms. The van der Waals surface area contributed by atoms with Crippen LogP contribution in [-0.2, 0) is 0 Å². The van der Waals surface area contributed by atoms with Crippen LogP contribution in [0.15, 0.2) is 60.8 Å². The number of pyridine rings is 1. The van der Waals surface area contributed by atoms with E-state index in [0.717, 1.165) is 22.0 Å². The van der Waals surface area contributed by atoms with Crippen LogP contribution in [0.25, 0.3) is 22.0 Å². The number of nitrogens with zero attached hydrogens (tertiary/aromatic N) is 1. The van der Waals surface area contributed by atoms with Crippen LogP contribution in [0.2, 0.25) is 0 Å². The summed E-state index contributed by atoms with van der Waals surface area (Å²) in [5, 5.41) is 10.4. The Balaban J connectivity index is 0.000000902. The number of fused-ring (bicyclic) bond motifs is 1. The molecule has 0 amide bonds. The third kappa shape index (κ3) is 2.26. The van der Waals surface area contributed by atoms with E-state index in [2.05, 4.69) is 4.98 Å². The van der Waals surface area contributed by atoms with Gasteiger partial charge in [-0.25, -0.2) is 0 Å². The van der Waals surface area contributed by atoms with Crippen molar-refractivity contribution in [1.82, 2.24) is 4.98 Å². The molecule has 1 N–H and O–H groups in total. The average Bonchev–Trinajstić information content (AvgIpc) is 2.39. The molecule has 0 bridgehead atoms. The van der Waals surface area contributed by atoms with Crippen LogP contribution in [0.4, 0.5) is 0 Å². The van der Waals surface area contributed by atoms with E-state index in [-0.39, 0.29) is 26.0 Å². The van der Waals surface area contributed by atoms with Gasteiger partial charge in [0.05, 0.1) is 5.52 Å². The molecule has 0 aliphatic heterocycles. The molecule has 2 nitrogen and oxygen atoms in total. The SMILES string of the molecule is Oc1ccc(-c2cccc3cccnc23)cc1.[H-].[Li+]. The van der Waals surface area contributed by atoms with E-state index in [1.165, 1.54) is 0 Å². The standard InChI is InChI=1S/C15H11NO.Li.H/c17-13-8-6-11(7-9-13)14-5-1-3-12-4-2-10-16-15(12)14;;/h1-10,17H;;/q;+1;-1. The molecule has 3 rings (SSSR count). The zero-order valence-corrected chi connectivity index (χ0v) is 10.2. The first-order valence-corrected chi connectivity index (χ1v) is 5.48. The number of benzene rings is 2. The van der Waals surface area contributed by atoms with Gasteiger partial charge in [-0.1, -0.05) is 36.4 Å². The summed E-state index contributed by atoms with van der Waals surface area (Å²) in [6, 6.07) is 17.3. The van der Waals surface area contributed by atoms with Crippen molar-refractivity contribution in [2.24, 2.45) is 0 Å². The Kier molecular flexibility index (Phi) is 3.71. The molecule has 2 aromatic carbocycles. The molecule has 1 aromatic heterocycles. The van der Waals surface area contributed by atoms with Crippen molar-refractivity contribution in [3.05, 3.63) is 60.8 Å². The van der Waals surface area contributed by atoms with Gasteiger partial charge in [0.15, 0.2) is 0 Å². The second kappa shape index (κ2) is 5.26. The largest absolute Gasteiger partial charge is 1.00 e. The summed E-state index contributed by atoms with van der Waals surface area (Å²) < 4.78 is 0. The molecule has 1 heterocycles. The van der Waals surface area contributed by atoms with Crippen LogP contribution in [0, 0.1) is 0 Å². The molecule has 0 unspecified atom stereocenters. The van der Waals surface area contributed by atoms with Crippen LogP contribution < -0.4 is 18.9 Å². The molecule has 3 aromatic rings. The topological polar surface area (TPSA) is 33.1 Å². The van der Waals surface area contributed by atoms with Crippen LogP contribution in [0.3, 0.4) is 0 Å².